The molecule has 116 valence electrons. The average Bonchev–Trinajstić information content (AvgIpc) is 3.09. The van der Waals surface area contributed by atoms with Crippen molar-refractivity contribution >= 4 is 27.3 Å². The molecule has 2 saturated heterocycles. The molecule has 0 radical (unpaired) electrons. The van der Waals surface area contributed by atoms with Crippen LogP contribution in [0.5, 0.6) is 0 Å². The molecule has 3 nitrogen and oxygen atoms in total. The van der Waals surface area contributed by atoms with E-state index in [4.69, 9.17) is 4.74 Å². The number of benzene rings is 1. The van der Waals surface area contributed by atoms with E-state index in [1.165, 1.54) is 15.6 Å². The summed E-state index contributed by atoms with van der Waals surface area (Å²) in [5, 5.41) is 3.37. The van der Waals surface area contributed by atoms with Crippen LogP contribution in [0, 0.1) is 5.92 Å². The lowest BCUT2D eigenvalue weighted by Crippen LogP contribution is -2.45. The summed E-state index contributed by atoms with van der Waals surface area (Å²) in [6, 6.07) is 8.34. The van der Waals surface area contributed by atoms with Gasteiger partial charge in [0, 0.05) is 23.7 Å². The van der Waals surface area contributed by atoms with Crippen molar-refractivity contribution in [3.63, 3.8) is 0 Å². The third-order valence-electron chi connectivity index (χ3n) is 4.96. The number of ether oxygens (including phenoxy) is 1. The summed E-state index contributed by atoms with van der Waals surface area (Å²) in [6.07, 6.45) is 3.34. The smallest absolute Gasteiger partial charge is 0.227 e. The molecular weight excluding hydrogens is 294 g/mol. The van der Waals surface area contributed by atoms with Crippen molar-refractivity contribution in [2.24, 2.45) is 5.92 Å². The number of piperidine rings is 1. The minimum atomic E-state index is 0.265. The van der Waals surface area contributed by atoms with Crippen molar-refractivity contribution in [2.75, 3.05) is 13.1 Å². The third-order valence-corrected chi connectivity index (χ3v) is 5.97. The molecule has 0 bridgehead atoms. The zero-order valence-corrected chi connectivity index (χ0v) is 13.6. The van der Waals surface area contributed by atoms with Gasteiger partial charge in [-0.3, -0.25) is 4.79 Å². The van der Waals surface area contributed by atoms with E-state index in [0.29, 0.717) is 24.5 Å². The second kappa shape index (κ2) is 5.67. The van der Waals surface area contributed by atoms with Crippen molar-refractivity contribution in [1.82, 2.24) is 4.90 Å². The molecule has 3 heterocycles. The number of hydrogen-bond acceptors (Lipinski definition) is 3. The van der Waals surface area contributed by atoms with E-state index in [2.05, 4.69) is 35.4 Å². The van der Waals surface area contributed by atoms with Crippen LogP contribution in [0.3, 0.4) is 0 Å². The molecule has 4 rings (SSSR count). The Morgan fingerprint density at radius 1 is 1.41 bits per heavy atom. The molecule has 2 aliphatic heterocycles. The number of nitrogens with zero attached hydrogens (tertiary/aromatic N) is 1. The van der Waals surface area contributed by atoms with E-state index in [0.717, 1.165) is 25.9 Å². The SMILES string of the molecule is C[C@@H]1C[C@@H]2CN(C(=O)Cc3csc4ccccc34)CC[C@H]2O1. The van der Waals surface area contributed by atoms with E-state index in [1.807, 2.05) is 6.07 Å². The number of fused-ring (bicyclic) bond motifs is 2. The van der Waals surface area contributed by atoms with Crippen LogP contribution in [0.1, 0.15) is 25.3 Å². The number of thiophene rings is 1. The van der Waals surface area contributed by atoms with Gasteiger partial charge in [-0.05, 0) is 42.2 Å². The molecule has 2 fully saturated rings. The summed E-state index contributed by atoms with van der Waals surface area (Å²) in [4.78, 5) is 14.7. The summed E-state index contributed by atoms with van der Waals surface area (Å²) < 4.78 is 7.19. The van der Waals surface area contributed by atoms with Crippen molar-refractivity contribution < 1.29 is 9.53 Å². The second-order valence-corrected chi connectivity index (χ2v) is 7.45. The molecule has 4 heteroatoms. The van der Waals surface area contributed by atoms with Crippen molar-refractivity contribution in [3.05, 3.63) is 35.2 Å². The van der Waals surface area contributed by atoms with E-state index in [1.54, 1.807) is 11.3 Å². The molecule has 1 aromatic carbocycles. The van der Waals surface area contributed by atoms with Gasteiger partial charge >= 0.3 is 0 Å². The van der Waals surface area contributed by atoms with Crippen LogP contribution >= 0.6 is 11.3 Å². The first-order valence-electron chi connectivity index (χ1n) is 8.09. The zero-order chi connectivity index (χ0) is 15.1. The molecule has 1 aromatic heterocycles. The lowest BCUT2D eigenvalue weighted by atomic mass is 9.92. The standard InChI is InChI=1S/C18H21NO2S/c1-12-8-13-10-19(7-6-16(13)21-12)18(20)9-14-11-22-17-5-3-2-4-15(14)17/h2-5,11-13,16H,6-10H2,1H3/t12-,13-,16-/m1/s1. The Kier molecular flexibility index (Phi) is 3.66. The van der Waals surface area contributed by atoms with Crippen LogP contribution in [0.25, 0.3) is 10.1 Å². The highest BCUT2D eigenvalue weighted by molar-refractivity contribution is 7.17. The van der Waals surface area contributed by atoms with E-state index >= 15 is 0 Å². The summed E-state index contributed by atoms with van der Waals surface area (Å²) in [5.41, 5.74) is 1.17. The molecule has 0 unspecified atom stereocenters. The van der Waals surface area contributed by atoms with Crippen LogP contribution in [0.15, 0.2) is 29.6 Å². The minimum Gasteiger partial charge on any atom is -0.375 e. The maximum atomic E-state index is 12.7. The number of amides is 1. The highest BCUT2D eigenvalue weighted by atomic mass is 32.1. The number of hydrogen-bond donors (Lipinski definition) is 0. The molecule has 1 amide bonds. The van der Waals surface area contributed by atoms with Crippen LogP contribution in [0.4, 0.5) is 0 Å². The molecule has 2 aromatic rings. The fourth-order valence-corrected chi connectivity index (χ4v) is 4.83. The number of likely N-dealkylation sites (tertiary alicyclic amines) is 1. The predicted molar refractivity (Wildman–Crippen MR) is 89.2 cm³/mol. The lowest BCUT2D eigenvalue weighted by Gasteiger charge is -2.34. The molecule has 3 atom stereocenters. The largest absolute Gasteiger partial charge is 0.375 e. The Morgan fingerprint density at radius 3 is 3.18 bits per heavy atom. The summed E-state index contributed by atoms with van der Waals surface area (Å²) >= 11 is 1.73. The van der Waals surface area contributed by atoms with E-state index in [-0.39, 0.29) is 5.91 Å². The molecule has 0 saturated carbocycles. The van der Waals surface area contributed by atoms with Crippen LogP contribution < -0.4 is 0 Å². The van der Waals surface area contributed by atoms with Crippen molar-refractivity contribution in [1.29, 1.82) is 0 Å². The zero-order valence-electron chi connectivity index (χ0n) is 12.8. The quantitative estimate of drug-likeness (QED) is 0.849. The molecule has 0 aliphatic carbocycles. The fraction of sp³-hybridized carbons (Fsp3) is 0.500. The number of rotatable bonds is 2. The average molecular weight is 315 g/mol. The van der Waals surface area contributed by atoms with Gasteiger partial charge in [0.25, 0.3) is 0 Å². The normalized spacial score (nSPS) is 28.0. The van der Waals surface area contributed by atoms with Crippen molar-refractivity contribution in [2.45, 2.75) is 38.4 Å². The monoisotopic (exact) mass is 315 g/mol. The van der Waals surface area contributed by atoms with Gasteiger partial charge in [-0.25, -0.2) is 0 Å². The first-order chi connectivity index (χ1) is 10.7. The van der Waals surface area contributed by atoms with Gasteiger partial charge in [0.1, 0.15) is 0 Å². The fourth-order valence-electron chi connectivity index (χ4n) is 3.87. The second-order valence-electron chi connectivity index (χ2n) is 6.54. The minimum absolute atomic E-state index is 0.265. The van der Waals surface area contributed by atoms with Gasteiger partial charge in [0.2, 0.25) is 5.91 Å². The Hall–Kier alpha value is -1.39. The van der Waals surface area contributed by atoms with Crippen LogP contribution in [-0.2, 0) is 16.0 Å². The van der Waals surface area contributed by atoms with Gasteiger partial charge in [-0.15, -0.1) is 11.3 Å². The highest BCUT2D eigenvalue weighted by Crippen LogP contribution is 2.33. The Morgan fingerprint density at radius 2 is 2.27 bits per heavy atom. The van der Waals surface area contributed by atoms with Crippen LogP contribution in [0.2, 0.25) is 0 Å². The lowest BCUT2D eigenvalue weighted by molar-refractivity contribution is -0.133. The van der Waals surface area contributed by atoms with Crippen molar-refractivity contribution in [3.8, 4) is 0 Å². The summed E-state index contributed by atoms with van der Waals surface area (Å²) in [5.74, 6) is 0.800. The maximum absolute atomic E-state index is 12.7. The highest BCUT2D eigenvalue weighted by Gasteiger charge is 2.38. The number of carbonyl (C=O) groups is 1. The predicted octanol–water partition coefficient (Wildman–Crippen LogP) is 3.47. The van der Waals surface area contributed by atoms with Gasteiger partial charge in [0.05, 0.1) is 18.6 Å². The Bertz CT molecular complexity index is 695. The maximum Gasteiger partial charge on any atom is 0.227 e. The summed E-state index contributed by atoms with van der Waals surface area (Å²) in [6.45, 7) is 3.85. The van der Waals surface area contributed by atoms with E-state index in [9.17, 15) is 4.79 Å². The first-order valence-corrected chi connectivity index (χ1v) is 8.97. The molecule has 0 N–H and O–H groups in total. The van der Waals surface area contributed by atoms with Crippen LogP contribution in [-0.4, -0.2) is 36.1 Å². The Balaban J connectivity index is 1.46. The van der Waals surface area contributed by atoms with Gasteiger partial charge < -0.3 is 9.64 Å². The van der Waals surface area contributed by atoms with Gasteiger partial charge in [-0.1, -0.05) is 18.2 Å². The number of carbonyl (C=O) groups excluding carboxylic acids is 1. The Labute approximate surface area is 134 Å². The molecule has 0 spiro atoms. The summed E-state index contributed by atoms with van der Waals surface area (Å²) in [7, 11) is 0. The van der Waals surface area contributed by atoms with Gasteiger partial charge in [0.15, 0.2) is 0 Å². The third kappa shape index (κ3) is 2.55. The van der Waals surface area contributed by atoms with E-state index < -0.39 is 0 Å². The topological polar surface area (TPSA) is 29.5 Å². The van der Waals surface area contributed by atoms with Gasteiger partial charge in [-0.2, -0.15) is 0 Å². The molecule has 2 aliphatic rings. The first kappa shape index (κ1) is 14.2. The molecular formula is C18H21NO2S. The molecule has 22 heavy (non-hydrogen) atoms.